The predicted octanol–water partition coefficient (Wildman–Crippen LogP) is 3.06. The highest BCUT2D eigenvalue weighted by molar-refractivity contribution is 7.98. The zero-order valence-corrected chi connectivity index (χ0v) is 14.9. The first-order chi connectivity index (χ1) is 12.1. The molecular weight excluding hydrogens is 336 g/mol. The summed E-state index contributed by atoms with van der Waals surface area (Å²) in [6.07, 6.45) is 2.00. The SMILES string of the molecule is CSc1ccc([C@@H](C(=O)O)N2CCN(c3ccccc3O)CC2)cc1. The van der Waals surface area contributed by atoms with E-state index in [-0.39, 0.29) is 5.75 Å². The van der Waals surface area contributed by atoms with Gasteiger partial charge in [-0.1, -0.05) is 24.3 Å². The van der Waals surface area contributed by atoms with E-state index in [2.05, 4.69) is 4.90 Å². The number of rotatable bonds is 5. The van der Waals surface area contributed by atoms with Gasteiger partial charge in [-0.15, -0.1) is 11.8 Å². The Morgan fingerprint density at radius 1 is 1.04 bits per heavy atom. The molecule has 2 aromatic rings. The fourth-order valence-electron chi connectivity index (χ4n) is 3.25. The van der Waals surface area contributed by atoms with Gasteiger partial charge in [0.2, 0.25) is 0 Å². The fourth-order valence-corrected chi connectivity index (χ4v) is 3.66. The van der Waals surface area contributed by atoms with Gasteiger partial charge in [0.1, 0.15) is 11.8 Å². The highest BCUT2D eigenvalue weighted by atomic mass is 32.2. The van der Waals surface area contributed by atoms with E-state index in [4.69, 9.17) is 0 Å². The molecule has 0 aromatic heterocycles. The van der Waals surface area contributed by atoms with Crippen LogP contribution in [0.3, 0.4) is 0 Å². The van der Waals surface area contributed by atoms with Gasteiger partial charge in [0.05, 0.1) is 5.69 Å². The van der Waals surface area contributed by atoms with E-state index in [0.29, 0.717) is 26.2 Å². The van der Waals surface area contributed by atoms with Crippen LogP contribution in [-0.2, 0) is 4.79 Å². The van der Waals surface area contributed by atoms with Crippen LogP contribution in [0, 0.1) is 0 Å². The van der Waals surface area contributed by atoms with E-state index < -0.39 is 12.0 Å². The number of aromatic hydroxyl groups is 1. The van der Waals surface area contributed by atoms with Crippen molar-refractivity contribution in [3.05, 3.63) is 54.1 Å². The highest BCUT2D eigenvalue weighted by Gasteiger charge is 2.30. The smallest absolute Gasteiger partial charge is 0.325 e. The molecule has 2 aromatic carbocycles. The number of hydrogen-bond acceptors (Lipinski definition) is 5. The van der Waals surface area contributed by atoms with Gasteiger partial charge in [-0.05, 0) is 36.1 Å². The number of thioether (sulfide) groups is 1. The minimum absolute atomic E-state index is 0.262. The van der Waals surface area contributed by atoms with Crippen molar-refractivity contribution < 1.29 is 15.0 Å². The van der Waals surface area contributed by atoms with E-state index in [1.165, 1.54) is 0 Å². The summed E-state index contributed by atoms with van der Waals surface area (Å²) < 4.78 is 0. The number of hydrogen-bond donors (Lipinski definition) is 2. The van der Waals surface area contributed by atoms with Crippen LogP contribution in [0.25, 0.3) is 0 Å². The van der Waals surface area contributed by atoms with Crippen LogP contribution < -0.4 is 4.90 Å². The van der Waals surface area contributed by atoms with Crippen molar-refractivity contribution in [3.8, 4) is 5.75 Å². The molecular formula is C19H22N2O3S. The van der Waals surface area contributed by atoms with Crippen LogP contribution in [-0.4, -0.2) is 53.5 Å². The number of phenolic OH excluding ortho intramolecular Hbond substituents is 1. The van der Waals surface area contributed by atoms with Crippen LogP contribution in [0.2, 0.25) is 0 Å². The number of benzene rings is 2. The van der Waals surface area contributed by atoms with Gasteiger partial charge in [0.15, 0.2) is 0 Å². The van der Waals surface area contributed by atoms with Crippen LogP contribution >= 0.6 is 11.8 Å². The summed E-state index contributed by atoms with van der Waals surface area (Å²) in [4.78, 5) is 17.1. The zero-order valence-electron chi connectivity index (χ0n) is 14.1. The average molecular weight is 358 g/mol. The van der Waals surface area contributed by atoms with Crippen LogP contribution in [0.4, 0.5) is 5.69 Å². The Morgan fingerprint density at radius 2 is 1.68 bits per heavy atom. The largest absolute Gasteiger partial charge is 0.506 e. The van der Waals surface area contributed by atoms with Gasteiger partial charge in [0.25, 0.3) is 0 Å². The molecule has 1 aliphatic rings. The number of phenols is 1. The maximum absolute atomic E-state index is 11.9. The van der Waals surface area contributed by atoms with Crippen LogP contribution in [0.1, 0.15) is 11.6 Å². The van der Waals surface area contributed by atoms with E-state index in [1.54, 1.807) is 23.9 Å². The summed E-state index contributed by atoms with van der Waals surface area (Å²) in [6, 6.07) is 14.4. The third kappa shape index (κ3) is 3.91. The van der Waals surface area contributed by atoms with Gasteiger partial charge >= 0.3 is 5.97 Å². The van der Waals surface area contributed by atoms with Crippen molar-refractivity contribution in [2.75, 3.05) is 37.3 Å². The molecule has 0 spiro atoms. The molecule has 25 heavy (non-hydrogen) atoms. The van der Waals surface area contributed by atoms with Gasteiger partial charge < -0.3 is 15.1 Å². The maximum Gasteiger partial charge on any atom is 0.325 e. The molecule has 3 rings (SSSR count). The Morgan fingerprint density at radius 3 is 2.24 bits per heavy atom. The zero-order chi connectivity index (χ0) is 17.8. The molecule has 2 N–H and O–H groups in total. The Bertz CT molecular complexity index is 728. The first kappa shape index (κ1) is 17.6. The van der Waals surface area contributed by atoms with Gasteiger partial charge in [0, 0.05) is 31.1 Å². The third-order valence-electron chi connectivity index (χ3n) is 4.57. The number of carbonyl (C=O) groups is 1. The number of carboxylic acids is 1. The molecule has 0 saturated carbocycles. The summed E-state index contributed by atoms with van der Waals surface area (Å²) in [5, 5.41) is 19.7. The predicted molar refractivity (Wildman–Crippen MR) is 100 cm³/mol. The average Bonchev–Trinajstić information content (AvgIpc) is 2.63. The fraction of sp³-hybridized carbons (Fsp3) is 0.316. The monoisotopic (exact) mass is 358 g/mol. The Balaban J connectivity index is 1.72. The van der Waals surface area contributed by atoms with Crippen molar-refractivity contribution in [1.82, 2.24) is 4.90 Å². The first-order valence-electron chi connectivity index (χ1n) is 8.24. The number of aliphatic carboxylic acids is 1. The standard InChI is InChI=1S/C19H22N2O3S/c1-25-15-8-6-14(7-9-15)18(19(23)24)21-12-10-20(11-13-21)16-4-2-3-5-17(16)22/h2-9,18,22H,10-13H2,1H3,(H,23,24)/t18-/m0/s1. The lowest BCUT2D eigenvalue weighted by atomic mass is 10.0. The summed E-state index contributed by atoms with van der Waals surface area (Å²) >= 11 is 1.64. The summed E-state index contributed by atoms with van der Waals surface area (Å²) in [5.74, 6) is -0.564. The van der Waals surface area contributed by atoms with E-state index in [9.17, 15) is 15.0 Å². The second-order valence-corrected chi connectivity index (χ2v) is 6.91. The minimum Gasteiger partial charge on any atom is -0.506 e. The topological polar surface area (TPSA) is 64.0 Å². The number of anilines is 1. The van der Waals surface area contributed by atoms with E-state index >= 15 is 0 Å². The summed E-state index contributed by atoms with van der Waals surface area (Å²) in [6.45, 7) is 2.64. The third-order valence-corrected chi connectivity index (χ3v) is 5.31. The Labute approximate surface area is 151 Å². The molecule has 1 atom stereocenters. The van der Waals surface area contributed by atoms with E-state index in [1.807, 2.05) is 47.6 Å². The number of piperazine rings is 1. The molecule has 1 aliphatic heterocycles. The maximum atomic E-state index is 11.9. The lowest BCUT2D eigenvalue weighted by Crippen LogP contribution is -2.49. The molecule has 0 amide bonds. The second kappa shape index (κ2) is 7.80. The Hall–Kier alpha value is -2.18. The van der Waals surface area contributed by atoms with Crippen molar-refractivity contribution in [1.29, 1.82) is 0 Å². The van der Waals surface area contributed by atoms with Crippen LogP contribution in [0.5, 0.6) is 5.75 Å². The van der Waals surface area contributed by atoms with Gasteiger partial charge in [-0.3, -0.25) is 9.69 Å². The van der Waals surface area contributed by atoms with Crippen LogP contribution in [0.15, 0.2) is 53.4 Å². The molecule has 0 bridgehead atoms. The molecule has 0 aliphatic carbocycles. The van der Waals surface area contributed by atoms with Crippen molar-refractivity contribution in [2.24, 2.45) is 0 Å². The Kier molecular flexibility index (Phi) is 5.50. The number of nitrogens with zero attached hydrogens (tertiary/aromatic N) is 2. The molecule has 0 unspecified atom stereocenters. The quantitative estimate of drug-likeness (QED) is 0.801. The van der Waals surface area contributed by atoms with E-state index in [0.717, 1.165) is 16.1 Å². The molecule has 1 saturated heterocycles. The number of para-hydroxylation sites is 2. The lowest BCUT2D eigenvalue weighted by Gasteiger charge is -2.39. The molecule has 1 fully saturated rings. The number of carboxylic acid groups (broad SMARTS) is 1. The van der Waals surface area contributed by atoms with Gasteiger partial charge in [-0.2, -0.15) is 0 Å². The normalized spacial score (nSPS) is 16.6. The van der Waals surface area contributed by atoms with Gasteiger partial charge in [-0.25, -0.2) is 0 Å². The summed E-state index contributed by atoms with van der Waals surface area (Å²) in [7, 11) is 0. The van der Waals surface area contributed by atoms with Crippen molar-refractivity contribution in [2.45, 2.75) is 10.9 Å². The highest BCUT2D eigenvalue weighted by Crippen LogP contribution is 2.30. The summed E-state index contributed by atoms with van der Waals surface area (Å²) in [5.41, 5.74) is 1.61. The molecule has 5 nitrogen and oxygen atoms in total. The molecule has 132 valence electrons. The minimum atomic E-state index is -0.826. The molecule has 1 heterocycles. The second-order valence-electron chi connectivity index (χ2n) is 6.03. The molecule has 6 heteroatoms. The first-order valence-corrected chi connectivity index (χ1v) is 9.46. The van der Waals surface area contributed by atoms with Crippen molar-refractivity contribution in [3.63, 3.8) is 0 Å². The lowest BCUT2D eigenvalue weighted by molar-refractivity contribution is -0.143. The van der Waals surface area contributed by atoms with Crippen molar-refractivity contribution >= 4 is 23.4 Å². The molecule has 0 radical (unpaired) electrons.